The molecule has 0 radical (unpaired) electrons. The van der Waals surface area contributed by atoms with Crippen molar-refractivity contribution in [1.29, 1.82) is 0 Å². The normalized spacial score (nSPS) is 10.3. The predicted molar refractivity (Wildman–Crippen MR) is 57.8 cm³/mol. The van der Waals surface area contributed by atoms with Crippen LogP contribution in [0, 0.1) is 0 Å². The zero-order valence-corrected chi connectivity index (χ0v) is 8.58. The van der Waals surface area contributed by atoms with E-state index in [1.54, 1.807) is 31.3 Å². The summed E-state index contributed by atoms with van der Waals surface area (Å²) in [6, 6.07) is 6.88. The van der Waals surface area contributed by atoms with E-state index in [0.29, 0.717) is 11.4 Å². The second-order valence-electron chi connectivity index (χ2n) is 3.34. The molecule has 6 heteroatoms. The number of benzene rings is 1. The minimum Gasteiger partial charge on any atom is -0.476 e. The fourth-order valence-corrected chi connectivity index (χ4v) is 1.47. The van der Waals surface area contributed by atoms with Gasteiger partial charge in [-0.3, -0.25) is 0 Å². The van der Waals surface area contributed by atoms with E-state index in [-0.39, 0.29) is 5.69 Å². The average molecular weight is 218 g/mol. The molecule has 3 N–H and O–H groups in total. The maximum atomic E-state index is 10.9. The average Bonchev–Trinajstić information content (AvgIpc) is 2.62. The zero-order chi connectivity index (χ0) is 11.7. The Hall–Kier alpha value is -2.37. The van der Waals surface area contributed by atoms with Crippen LogP contribution in [0.3, 0.4) is 0 Å². The van der Waals surface area contributed by atoms with E-state index in [9.17, 15) is 4.79 Å². The maximum Gasteiger partial charge on any atom is 0.358 e. The predicted octanol–water partition coefficient (Wildman–Crippen LogP) is 0.763. The molecule has 16 heavy (non-hydrogen) atoms. The van der Waals surface area contributed by atoms with Crippen LogP contribution in [0.1, 0.15) is 10.5 Å². The van der Waals surface area contributed by atoms with Crippen LogP contribution in [0.4, 0.5) is 5.69 Å². The smallest absolute Gasteiger partial charge is 0.358 e. The largest absolute Gasteiger partial charge is 0.476 e. The number of nitrogen functional groups attached to an aromatic ring is 1. The number of carbonyl (C=O) groups is 1. The number of rotatable bonds is 2. The van der Waals surface area contributed by atoms with E-state index >= 15 is 0 Å². The standard InChI is InChI=1S/C10H10N4O2/c1-14-9(8(10(15)16)12-13-14)6-2-4-7(11)5-3-6/h2-5H,11H2,1H3,(H,15,16). The Balaban J connectivity index is 2.58. The molecule has 0 unspecified atom stereocenters. The number of hydrogen-bond acceptors (Lipinski definition) is 4. The third-order valence-corrected chi connectivity index (χ3v) is 2.21. The fraction of sp³-hybridized carbons (Fsp3) is 0.100. The zero-order valence-electron chi connectivity index (χ0n) is 8.58. The molecule has 0 spiro atoms. The van der Waals surface area contributed by atoms with Crippen molar-refractivity contribution in [1.82, 2.24) is 15.0 Å². The van der Waals surface area contributed by atoms with Gasteiger partial charge in [-0.2, -0.15) is 0 Å². The van der Waals surface area contributed by atoms with Gasteiger partial charge in [0.2, 0.25) is 0 Å². The van der Waals surface area contributed by atoms with Gasteiger partial charge in [-0.05, 0) is 12.1 Å². The van der Waals surface area contributed by atoms with E-state index in [1.165, 1.54) is 4.68 Å². The lowest BCUT2D eigenvalue weighted by molar-refractivity contribution is 0.0691. The van der Waals surface area contributed by atoms with Crippen molar-refractivity contribution in [3.05, 3.63) is 30.0 Å². The van der Waals surface area contributed by atoms with Gasteiger partial charge in [-0.1, -0.05) is 17.3 Å². The summed E-state index contributed by atoms with van der Waals surface area (Å²) in [7, 11) is 1.64. The van der Waals surface area contributed by atoms with Crippen molar-refractivity contribution in [3.8, 4) is 11.3 Å². The molecule has 1 aromatic heterocycles. The first-order valence-electron chi connectivity index (χ1n) is 4.58. The summed E-state index contributed by atoms with van der Waals surface area (Å²) in [4.78, 5) is 10.9. The van der Waals surface area contributed by atoms with Crippen LogP contribution in [0.25, 0.3) is 11.3 Å². The third-order valence-electron chi connectivity index (χ3n) is 2.21. The van der Waals surface area contributed by atoms with Gasteiger partial charge in [0.15, 0.2) is 5.69 Å². The minimum absolute atomic E-state index is 0.0627. The Kier molecular flexibility index (Phi) is 2.32. The van der Waals surface area contributed by atoms with Gasteiger partial charge >= 0.3 is 5.97 Å². The molecule has 0 amide bonds. The highest BCUT2D eigenvalue weighted by molar-refractivity contribution is 5.92. The van der Waals surface area contributed by atoms with E-state index in [1.807, 2.05) is 0 Å². The number of hydrogen-bond donors (Lipinski definition) is 2. The van der Waals surface area contributed by atoms with Gasteiger partial charge in [0.05, 0.1) is 0 Å². The SMILES string of the molecule is Cn1nnc(C(=O)O)c1-c1ccc(N)cc1. The van der Waals surface area contributed by atoms with Crippen LogP contribution >= 0.6 is 0 Å². The molecule has 0 aliphatic rings. The van der Waals surface area contributed by atoms with Crippen molar-refractivity contribution in [2.75, 3.05) is 5.73 Å². The van der Waals surface area contributed by atoms with Crippen molar-refractivity contribution >= 4 is 11.7 Å². The Morgan fingerprint density at radius 1 is 1.38 bits per heavy atom. The Morgan fingerprint density at radius 2 is 2.00 bits per heavy atom. The molecular weight excluding hydrogens is 208 g/mol. The number of nitrogens with zero attached hydrogens (tertiary/aromatic N) is 3. The monoisotopic (exact) mass is 218 g/mol. The van der Waals surface area contributed by atoms with Crippen molar-refractivity contribution in [2.45, 2.75) is 0 Å². The first-order chi connectivity index (χ1) is 7.59. The lowest BCUT2D eigenvalue weighted by atomic mass is 10.1. The summed E-state index contributed by atoms with van der Waals surface area (Å²) in [6.45, 7) is 0. The second kappa shape index (κ2) is 3.65. The molecule has 1 aromatic carbocycles. The van der Waals surface area contributed by atoms with Crippen LogP contribution in [-0.4, -0.2) is 26.1 Å². The minimum atomic E-state index is -1.10. The van der Waals surface area contributed by atoms with Crippen molar-refractivity contribution in [3.63, 3.8) is 0 Å². The van der Waals surface area contributed by atoms with Crippen molar-refractivity contribution in [2.24, 2.45) is 7.05 Å². The van der Waals surface area contributed by atoms with E-state index in [4.69, 9.17) is 10.8 Å². The van der Waals surface area contributed by atoms with Crippen LogP contribution in [0.5, 0.6) is 0 Å². The van der Waals surface area contributed by atoms with Crippen LogP contribution in [0.15, 0.2) is 24.3 Å². The fourth-order valence-electron chi connectivity index (χ4n) is 1.47. The molecule has 2 rings (SSSR count). The molecule has 0 saturated carbocycles. The third kappa shape index (κ3) is 1.60. The Labute approximate surface area is 91.3 Å². The van der Waals surface area contributed by atoms with Gasteiger partial charge in [-0.25, -0.2) is 9.48 Å². The molecule has 1 heterocycles. The lowest BCUT2D eigenvalue weighted by Crippen LogP contribution is -2.01. The van der Waals surface area contributed by atoms with E-state index in [0.717, 1.165) is 5.56 Å². The quantitative estimate of drug-likeness (QED) is 0.726. The summed E-state index contributed by atoms with van der Waals surface area (Å²) in [5.41, 5.74) is 7.31. The number of carboxylic acids is 1. The molecule has 0 bridgehead atoms. The number of anilines is 1. The molecule has 2 aromatic rings. The first kappa shape index (κ1) is 10.2. The summed E-state index contributed by atoms with van der Waals surface area (Å²) in [5, 5.41) is 16.2. The second-order valence-corrected chi connectivity index (χ2v) is 3.34. The summed E-state index contributed by atoms with van der Waals surface area (Å²) in [5.74, 6) is -1.10. The van der Waals surface area contributed by atoms with Crippen LogP contribution in [0.2, 0.25) is 0 Å². The Bertz CT molecular complexity index is 530. The van der Waals surface area contributed by atoms with Crippen molar-refractivity contribution < 1.29 is 9.90 Å². The number of aromatic nitrogens is 3. The topological polar surface area (TPSA) is 94.0 Å². The van der Waals surface area contributed by atoms with E-state index in [2.05, 4.69) is 10.3 Å². The van der Waals surface area contributed by atoms with Crippen LogP contribution in [-0.2, 0) is 7.05 Å². The molecule has 0 aliphatic carbocycles. The summed E-state index contributed by atoms with van der Waals surface area (Å²) in [6.07, 6.45) is 0. The molecule has 0 aliphatic heterocycles. The molecule has 0 fully saturated rings. The highest BCUT2D eigenvalue weighted by atomic mass is 16.4. The van der Waals surface area contributed by atoms with Gasteiger partial charge in [0.1, 0.15) is 5.69 Å². The number of aromatic carboxylic acids is 1. The van der Waals surface area contributed by atoms with Gasteiger partial charge < -0.3 is 10.8 Å². The number of aryl methyl sites for hydroxylation is 1. The Morgan fingerprint density at radius 3 is 2.56 bits per heavy atom. The van der Waals surface area contributed by atoms with Crippen LogP contribution < -0.4 is 5.73 Å². The van der Waals surface area contributed by atoms with Gasteiger partial charge in [0, 0.05) is 18.3 Å². The molecular formula is C10H10N4O2. The summed E-state index contributed by atoms with van der Waals surface area (Å²) >= 11 is 0. The lowest BCUT2D eigenvalue weighted by Gasteiger charge is -2.02. The molecule has 0 saturated heterocycles. The summed E-state index contributed by atoms with van der Waals surface area (Å²) < 4.78 is 1.43. The van der Waals surface area contributed by atoms with Gasteiger partial charge in [-0.15, -0.1) is 5.10 Å². The molecule has 82 valence electrons. The van der Waals surface area contributed by atoms with Gasteiger partial charge in [0.25, 0.3) is 0 Å². The molecule has 6 nitrogen and oxygen atoms in total. The maximum absolute atomic E-state index is 10.9. The highest BCUT2D eigenvalue weighted by Gasteiger charge is 2.18. The number of nitrogens with two attached hydrogens (primary N) is 1. The number of carboxylic acid groups (broad SMARTS) is 1. The van der Waals surface area contributed by atoms with E-state index < -0.39 is 5.97 Å². The first-order valence-corrected chi connectivity index (χ1v) is 4.58. The molecule has 0 atom stereocenters. The highest BCUT2D eigenvalue weighted by Crippen LogP contribution is 2.22.